The van der Waals surface area contributed by atoms with Gasteiger partial charge in [0.25, 0.3) is 0 Å². The summed E-state index contributed by atoms with van der Waals surface area (Å²) in [5.74, 6) is -0.870. The van der Waals surface area contributed by atoms with E-state index >= 15 is 0 Å². The number of hydrogen-bond donors (Lipinski definition) is 1. The summed E-state index contributed by atoms with van der Waals surface area (Å²) in [4.78, 5) is 18.4. The Kier molecular flexibility index (Phi) is 3.36. The van der Waals surface area contributed by atoms with Crippen molar-refractivity contribution in [2.24, 2.45) is 0 Å². The molecule has 2 rings (SSSR count). The van der Waals surface area contributed by atoms with Crippen LogP contribution in [0, 0.1) is 0 Å². The second-order valence-corrected chi connectivity index (χ2v) is 6.90. The maximum Gasteiger partial charge on any atom is 0.347 e. The normalized spacial score (nSPS) is 16.4. The molecule has 0 saturated heterocycles. The van der Waals surface area contributed by atoms with Crippen LogP contribution in [0.1, 0.15) is 55.4 Å². The molecule has 4 nitrogen and oxygen atoms in total. The van der Waals surface area contributed by atoms with Gasteiger partial charge in [0.05, 0.1) is 5.69 Å². The minimum atomic E-state index is -0.870. The van der Waals surface area contributed by atoms with Crippen LogP contribution >= 0.6 is 11.3 Å². The number of rotatable bonds is 3. The summed E-state index contributed by atoms with van der Waals surface area (Å²) in [5.41, 5.74) is 0.462. The summed E-state index contributed by atoms with van der Waals surface area (Å²) in [6, 6.07) is 0.533. The molecule has 1 aliphatic rings. The molecule has 1 aliphatic carbocycles. The molecule has 1 N–H and O–H groups in total. The molecule has 18 heavy (non-hydrogen) atoms. The quantitative estimate of drug-likeness (QED) is 0.915. The van der Waals surface area contributed by atoms with Crippen LogP contribution in [0.25, 0.3) is 0 Å². The summed E-state index contributed by atoms with van der Waals surface area (Å²) in [6.07, 6.45) is 3.63. The van der Waals surface area contributed by atoms with E-state index in [9.17, 15) is 9.90 Å². The van der Waals surface area contributed by atoms with E-state index in [1.807, 2.05) is 27.8 Å². The number of aromatic nitrogens is 1. The second kappa shape index (κ2) is 4.53. The number of nitrogens with zero attached hydrogens (tertiary/aromatic N) is 2. The first-order valence-electron chi connectivity index (χ1n) is 6.28. The van der Waals surface area contributed by atoms with Crippen LogP contribution in [0.5, 0.6) is 0 Å². The Labute approximate surface area is 112 Å². The van der Waals surface area contributed by atoms with E-state index in [1.165, 1.54) is 30.6 Å². The highest BCUT2D eigenvalue weighted by Crippen LogP contribution is 2.36. The van der Waals surface area contributed by atoms with Crippen LogP contribution in [0.15, 0.2) is 0 Å². The molecule has 1 saturated carbocycles. The summed E-state index contributed by atoms with van der Waals surface area (Å²) in [6.45, 7) is 6.00. The molecule has 1 heterocycles. The van der Waals surface area contributed by atoms with Crippen molar-refractivity contribution in [1.82, 2.24) is 4.98 Å². The Morgan fingerprint density at radius 3 is 2.39 bits per heavy atom. The average Bonchev–Trinajstić information content (AvgIpc) is 2.57. The molecule has 0 spiro atoms. The van der Waals surface area contributed by atoms with Crippen molar-refractivity contribution >= 4 is 22.4 Å². The molecule has 0 radical (unpaired) electrons. The lowest BCUT2D eigenvalue weighted by atomic mass is 9.91. The van der Waals surface area contributed by atoms with E-state index in [0.717, 1.165) is 5.13 Å². The van der Waals surface area contributed by atoms with Crippen molar-refractivity contribution in [3.8, 4) is 0 Å². The highest BCUT2D eigenvalue weighted by atomic mass is 32.1. The Bertz CT molecular complexity index is 458. The van der Waals surface area contributed by atoms with E-state index in [2.05, 4.69) is 9.88 Å². The molecule has 0 aliphatic heterocycles. The van der Waals surface area contributed by atoms with Gasteiger partial charge in [0, 0.05) is 18.5 Å². The summed E-state index contributed by atoms with van der Waals surface area (Å²) < 4.78 is 0. The first kappa shape index (κ1) is 13.3. The fourth-order valence-corrected chi connectivity index (χ4v) is 3.19. The average molecular weight is 268 g/mol. The van der Waals surface area contributed by atoms with Gasteiger partial charge in [-0.15, -0.1) is 0 Å². The smallest absolute Gasteiger partial charge is 0.347 e. The molecule has 0 bridgehead atoms. The third kappa shape index (κ3) is 2.36. The zero-order valence-electron chi connectivity index (χ0n) is 11.4. The number of carboxylic acids is 1. The van der Waals surface area contributed by atoms with E-state index in [4.69, 9.17) is 0 Å². The van der Waals surface area contributed by atoms with Crippen molar-refractivity contribution in [3.05, 3.63) is 10.6 Å². The first-order chi connectivity index (χ1) is 8.30. The lowest BCUT2D eigenvalue weighted by Gasteiger charge is -2.34. The van der Waals surface area contributed by atoms with Crippen LogP contribution in [-0.4, -0.2) is 29.1 Å². The van der Waals surface area contributed by atoms with Gasteiger partial charge in [-0.1, -0.05) is 32.1 Å². The van der Waals surface area contributed by atoms with Gasteiger partial charge in [-0.25, -0.2) is 9.78 Å². The molecule has 5 heteroatoms. The van der Waals surface area contributed by atoms with E-state index in [1.54, 1.807) is 0 Å². The summed E-state index contributed by atoms with van der Waals surface area (Å²) in [7, 11) is 2.01. The van der Waals surface area contributed by atoms with Crippen molar-refractivity contribution in [1.29, 1.82) is 0 Å². The number of hydrogen-bond acceptors (Lipinski definition) is 4. The zero-order valence-corrected chi connectivity index (χ0v) is 12.2. The third-order valence-electron chi connectivity index (χ3n) is 3.44. The largest absolute Gasteiger partial charge is 0.477 e. The van der Waals surface area contributed by atoms with Gasteiger partial charge in [-0.3, -0.25) is 0 Å². The zero-order chi connectivity index (χ0) is 13.5. The molecule has 1 fully saturated rings. The van der Waals surface area contributed by atoms with E-state index in [0.29, 0.717) is 16.6 Å². The molecule has 100 valence electrons. The number of thiazole rings is 1. The number of carboxylic acid groups (broad SMARTS) is 1. The van der Waals surface area contributed by atoms with Crippen LogP contribution in [0.3, 0.4) is 0 Å². The molecule has 1 aromatic rings. The first-order valence-corrected chi connectivity index (χ1v) is 7.10. The van der Waals surface area contributed by atoms with Gasteiger partial charge in [-0.2, -0.15) is 0 Å². The van der Waals surface area contributed by atoms with Gasteiger partial charge in [0.2, 0.25) is 0 Å². The topological polar surface area (TPSA) is 53.4 Å². The predicted octanol–water partition coefficient (Wildman–Crippen LogP) is 3.13. The predicted molar refractivity (Wildman–Crippen MR) is 73.8 cm³/mol. The fourth-order valence-electron chi connectivity index (χ4n) is 2.04. The van der Waals surface area contributed by atoms with E-state index in [-0.39, 0.29) is 5.41 Å². The van der Waals surface area contributed by atoms with Crippen molar-refractivity contribution in [3.63, 3.8) is 0 Å². The van der Waals surface area contributed by atoms with E-state index < -0.39 is 5.97 Å². The Hall–Kier alpha value is -1.10. The van der Waals surface area contributed by atoms with Gasteiger partial charge in [-0.05, 0) is 19.3 Å². The van der Waals surface area contributed by atoms with Crippen molar-refractivity contribution in [2.75, 3.05) is 11.9 Å². The van der Waals surface area contributed by atoms with Gasteiger partial charge < -0.3 is 10.0 Å². The second-order valence-electron chi connectivity index (χ2n) is 5.92. The summed E-state index contributed by atoms with van der Waals surface area (Å²) >= 11 is 1.30. The number of aromatic carboxylic acids is 1. The Balaban J connectivity index is 2.35. The molecule has 0 unspecified atom stereocenters. The van der Waals surface area contributed by atoms with Crippen LogP contribution in [-0.2, 0) is 5.41 Å². The Morgan fingerprint density at radius 1 is 1.44 bits per heavy atom. The maximum atomic E-state index is 11.3. The molecule has 1 aromatic heterocycles. The highest BCUT2D eigenvalue weighted by Gasteiger charge is 2.30. The Morgan fingerprint density at radius 2 is 2.06 bits per heavy atom. The molecule has 0 atom stereocenters. The molecule has 0 aromatic carbocycles. The van der Waals surface area contributed by atoms with Gasteiger partial charge in [0.1, 0.15) is 4.88 Å². The molecular formula is C13H20N2O2S. The fraction of sp³-hybridized carbons (Fsp3) is 0.692. The number of carbonyl (C=O) groups is 1. The minimum absolute atomic E-state index is 0.233. The highest BCUT2D eigenvalue weighted by molar-refractivity contribution is 7.17. The third-order valence-corrected chi connectivity index (χ3v) is 4.58. The maximum absolute atomic E-state index is 11.3. The van der Waals surface area contributed by atoms with Crippen molar-refractivity contribution in [2.45, 2.75) is 51.5 Å². The van der Waals surface area contributed by atoms with Gasteiger partial charge >= 0.3 is 5.97 Å². The SMILES string of the molecule is CN(c1nc(C(C)(C)C)c(C(=O)O)s1)C1CCC1. The van der Waals surface area contributed by atoms with Crippen LogP contribution in [0.4, 0.5) is 5.13 Å². The van der Waals surface area contributed by atoms with Gasteiger partial charge in [0.15, 0.2) is 5.13 Å². The monoisotopic (exact) mass is 268 g/mol. The summed E-state index contributed by atoms with van der Waals surface area (Å²) in [5, 5.41) is 10.1. The minimum Gasteiger partial charge on any atom is -0.477 e. The number of anilines is 1. The molecular weight excluding hydrogens is 248 g/mol. The van der Waals surface area contributed by atoms with Crippen LogP contribution < -0.4 is 4.90 Å². The molecule has 0 amide bonds. The lowest BCUT2D eigenvalue weighted by Crippen LogP contribution is -2.37. The van der Waals surface area contributed by atoms with Crippen LogP contribution in [0.2, 0.25) is 0 Å². The van der Waals surface area contributed by atoms with Crippen molar-refractivity contribution < 1.29 is 9.90 Å². The lowest BCUT2D eigenvalue weighted by molar-refractivity contribution is 0.0699. The standard InChI is InChI=1S/C13H20N2O2S/c1-13(2,3)10-9(11(16)17)18-12(14-10)15(4)8-6-5-7-8/h8H,5-7H2,1-4H3,(H,16,17).